The Balaban J connectivity index is 0.00000144. The van der Waals surface area contributed by atoms with E-state index in [0.29, 0.717) is 12.5 Å². The first-order valence-electron chi connectivity index (χ1n) is 6.36. The Bertz CT molecular complexity index is 247. The molecule has 2 fully saturated rings. The largest absolute Gasteiger partial charge is 0.371 e. The Morgan fingerprint density at radius 2 is 2.06 bits per heavy atom. The van der Waals surface area contributed by atoms with Crippen molar-refractivity contribution in [3.05, 3.63) is 0 Å². The van der Waals surface area contributed by atoms with Crippen LogP contribution in [-0.2, 0) is 9.53 Å². The second kappa shape index (κ2) is 7.19. The highest BCUT2D eigenvalue weighted by atomic mass is 35.5. The topological polar surface area (TPSA) is 64.3 Å². The van der Waals surface area contributed by atoms with Crippen molar-refractivity contribution < 1.29 is 9.53 Å². The van der Waals surface area contributed by atoms with Crippen molar-refractivity contribution in [2.75, 3.05) is 19.8 Å². The van der Waals surface area contributed by atoms with E-state index in [-0.39, 0.29) is 31.0 Å². The molecule has 4 nitrogen and oxygen atoms in total. The van der Waals surface area contributed by atoms with Crippen LogP contribution in [0.5, 0.6) is 0 Å². The van der Waals surface area contributed by atoms with Crippen molar-refractivity contribution in [1.82, 2.24) is 5.32 Å². The van der Waals surface area contributed by atoms with E-state index in [9.17, 15) is 4.79 Å². The fraction of sp³-hybridized carbons (Fsp3) is 0.917. The van der Waals surface area contributed by atoms with Crippen LogP contribution < -0.4 is 11.1 Å². The lowest BCUT2D eigenvalue weighted by Gasteiger charge is -2.19. The zero-order valence-electron chi connectivity index (χ0n) is 10.2. The fourth-order valence-corrected chi connectivity index (χ4v) is 2.36. The molecular weight excluding hydrogens is 240 g/mol. The van der Waals surface area contributed by atoms with Gasteiger partial charge < -0.3 is 15.8 Å². The predicted octanol–water partition coefficient (Wildman–Crippen LogP) is 1.08. The number of amides is 1. The normalized spacial score (nSPS) is 27.6. The van der Waals surface area contributed by atoms with Gasteiger partial charge in [0, 0.05) is 6.04 Å². The van der Waals surface area contributed by atoms with E-state index >= 15 is 0 Å². The second-order valence-corrected chi connectivity index (χ2v) is 5.06. The fourth-order valence-electron chi connectivity index (χ4n) is 2.36. The maximum absolute atomic E-state index is 11.6. The lowest BCUT2D eigenvalue weighted by atomic mass is 10.0. The Labute approximate surface area is 109 Å². The molecule has 0 aliphatic heterocycles. The third-order valence-corrected chi connectivity index (χ3v) is 3.59. The smallest absolute Gasteiger partial charge is 0.246 e. The Kier molecular flexibility index (Phi) is 6.23. The predicted molar refractivity (Wildman–Crippen MR) is 69.1 cm³/mol. The summed E-state index contributed by atoms with van der Waals surface area (Å²) in [5.41, 5.74) is 5.67. The van der Waals surface area contributed by atoms with Gasteiger partial charge in [0.1, 0.15) is 6.61 Å². The number of nitrogens with two attached hydrogens (primary N) is 1. The first-order valence-corrected chi connectivity index (χ1v) is 6.36. The molecule has 0 aromatic heterocycles. The van der Waals surface area contributed by atoms with E-state index in [1.165, 1.54) is 19.3 Å². The van der Waals surface area contributed by atoms with Gasteiger partial charge >= 0.3 is 0 Å². The maximum Gasteiger partial charge on any atom is 0.246 e. The van der Waals surface area contributed by atoms with E-state index < -0.39 is 0 Å². The molecule has 5 heteroatoms. The third-order valence-electron chi connectivity index (χ3n) is 3.59. The number of carbonyl (C=O) groups excluding carboxylic acids is 1. The molecular formula is C12H23ClN2O2. The summed E-state index contributed by atoms with van der Waals surface area (Å²) in [6.45, 7) is 1.64. The van der Waals surface area contributed by atoms with Gasteiger partial charge in [0.05, 0.1) is 6.61 Å². The number of nitrogens with one attached hydrogen (secondary N) is 1. The number of ether oxygens (including phenoxy) is 1. The van der Waals surface area contributed by atoms with Gasteiger partial charge in [-0.25, -0.2) is 0 Å². The monoisotopic (exact) mass is 262 g/mol. The van der Waals surface area contributed by atoms with Gasteiger partial charge in [-0.2, -0.15) is 0 Å². The summed E-state index contributed by atoms with van der Waals surface area (Å²) >= 11 is 0. The van der Waals surface area contributed by atoms with Gasteiger partial charge in [0.15, 0.2) is 0 Å². The van der Waals surface area contributed by atoms with E-state index in [2.05, 4.69) is 5.32 Å². The summed E-state index contributed by atoms with van der Waals surface area (Å²) in [5.74, 6) is 1.20. The van der Waals surface area contributed by atoms with Crippen LogP contribution in [0.15, 0.2) is 0 Å². The van der Waals surface area contributed by atoms with Crippen molar-refractivity contribution in [3.8, 4) is 0 Å². The molecule has 0 spiro atoms. The molecule has 1 amide bonds. The van der Waals surface area contributed by atoms with Crippen LogP contribution >= 0.6 is 12.4 Å². The highest BCUT2D eigenvalue weighted by Crippen LogP contribution is 2.28. The number of hydrogen-bond acceptors (Lipinski definition) is 3. The second-order valence-electron chi connectivity index (χ2n) is 5.06. The Hall–Kier alpha value is -0.320. The molecule has 0 saturated heterocycles. The number of carbonyl (C=O) groups is 1. The zero-order chi connectivity index (χ0) is 11.4. The highest BCUT2D eigenvalue weighted by Gasteiger charge is 2.27. The van der Waals surface area contributed by atoms with Crippen LogP contribution in [0, 0.1) is 11.8 Å². The van der Waals surface area contributed by atoms with Crippen LogP contribution in [0.1, 0.15) is 32.1 Å². The molecule has 0 bridgehead atoms. The number of rotatable bonds is 6. The Morgan fingerprint density at radius 1 is 1.29 bits per heavy atom. The summed E-state index contributed by atoms with van der Waals surface area (Å²) in [4.78, 5) is 11.6. The van der Waals surface area contributed by atoms with E-state index in [1.54, 1.807) is 0 Å². The molecule has 0 aromatic rings. The van der Waals surface area contributed by atoms with E-state index in [0.717, 1.165) is 25.4 Å². The van der Waals surface area contributed by atoms with Gasteiger partial charge in [0.25, 0.3) is 0 Å². The van der Waals surface area contributed by atoms with Crippen molar-refractivity contribution in [3.63, 3.8) is 0 Å². The first kappa shape index (κ1) is 14.7. The van der Waals surface area contributed by atoms with Gasteiger partial charge in [-0.1, -0.05) is 6.42 Å². The minimum Gasteiger partial charge on any atom is -0.371 e. The summed E-state index contributed by atoms with van der Waals surface area (Å²) in [6.07, 6.45) is 5.91. The average molecular weight is 263 g/mol. The summed E-state index contributed by atoms with van der Waals surface area (Å²) < 4.78 is 5.36. The molecule has 2 saturated carbocycles. The van der Waals surface area contributed by atoms with E-state index in [1.807, 2.05) is 0 Å². The van der Waals surface area contributed by atoms with Crippen LogP contribution in [0.3, 0.4) is 0 Å². The summed E-state index contributed by atoms with van der Waals surface area (Å²) in [7, 11) is 0. The quantitative estimate of drug-likeness (QED) is 0.753. The molecule has 2 aliphatic rings. The van der Waals surface area contributed by atoms with Crippen molar-refractivity contribution in [2.24, 2.45) is 17.6 Å². The molecule has 0 aromatic carbocycles. The molecule has 100 valence electrons. The van der Waals surface area contributed by atoms with Gasteiger partial charge in [-0.3, -0.25) is 4.79 Å². The number of hydrogen-bond donors (Lipinski definition) is 2. The molecule has 3 N–H and O–H groups in total. The SMILES string of the molecule is Cl.NCC1CCCC1NC(=O)COCC1CC1. The third kappa shape index (κ3) is 4.82. The summed E-state index contributed by atoms with van der Waals surface area (Å²) in [5, 5.41) is 3.03. The van der Waals surface area contributed by atoms with Crippen LogP contribution in [0.25, 0.3) is 0 Å². The van der Waals surface area contributed by atoms with Crippen molar-refractivity contribution in [2.45, 2.75) is 38.1 Å². The number of halogens is 1. The van der Waals surface area contributed by atoms with Crippen LogP contribution in [-0.4, -0.2) is 31.7 Å². The standard InChI is InChI=1S/C12H22N2O2.ClH/c13-6-10-2-1-3-11(10)14-12(15)8-16-7-9-4-5-9;/h9-11H,1-8,13H2,(H,14,15);1H. The van der Waals surface area contributed by atoms with Crippen molar-refractivity contribution >= 4 is 18.3 Å². The molecule has 0 radical (unpaired) electrons. The average Bonchev–Trinajstić information content (AvgIpc) is 2.98. The maximum atomic E-state index is 11.6. The molecule has 0 heterocycles. The minimum atomic E-state index is 0. The highest BCUT2D eigenvalue weighted by molar-refractivity contribution is 5.85. The lowest BCUT2D eigenvalue weighted by Crippen LogP contribution is -2.41. The first-order chi connectivity index (χ1) is 7.79. The molecule has 2 aliphatic carbocycles. The summed E-state index contributed by atoms with van der Waals surface area (Å²) in [6, 6.07) is 0.280. The van der Waals surface area contributed by atoms with Gasteiger partial charge in [-0.15, -0.1) is 12.4 Å². The lowest BCUT2D eigenvalue weighted by molar-refractivity contribution is -0.126. The van der Waals surface area contributed by atoms with Gasteiger partial charge in [0.2, 0.25) is 5.91 Å². The molecule has 2 unspecified atom stereocenters. The molecule has 2 atom stereocenters. The molecule has 17 heavy (non-hydrogen) atoms. The van der Waals surface area contributed by atoms with Gasteiger partial charge in [-0.05, 0) is 44.1 Å². The van der Waals surface area contributed by atoms with E-state index in [4.69, 9.17) is 10.5 Å². The minimum absolute atomic E-state index is 0. The van der Waals surface area contributed by atoms with Crippen molar-refractivity contribution in [1.29, 1.82) is 0 Å². The Morgan fingerprint density at radius 3 is 2.71 bits per heavy atom. The van der Waals surface area contributed by atoms with Crippen LogP contribution in [0.2, 0.25) is 0 Å². The van der Waals surface area contributed by atoms with Crippen LogP contribution in [0.4, 0.5) is 0 Å². The molecule has 2 rings (SSSR count). The zero-order valence-corrected chi connectivity index (χ0v) is 11.0.